The molecule has 3 aromatic rings. The zero-order chi connectivity index (χ0) is 21.4. The number of carbonyl (C=O) groups excluding carboxylic acids is 1. The third-order valence-corrected chi connectivity index (χ3v) is 7.25. The molecule has 2 aromatic carbocycles. The van der Waals surface area contributed by atoms with Gasteiger partial charge in [-0.25, -0.2) is 13.8 Å². The Labute approximate surface area is 178 Å². The minimum Gasteiger partial charge on any atom is -0.272 e. The molecular weight excluding hydrogens is 398 g/mol. The van der Waals surface area contributed by atoms with Crippen molar-refractivity contribution in [3.63, 3.8) is 0 Å². The summed E-state index contributed by atoms with van der Waals surface area (Å²) in [5, 5.41) is 11.3. The third-order valence-electron chi connectivity index (χ3n) is 7.25. The van der Waals surface area contributed by atoms with E-state index in [1.165, 1.54) is 22.7 Å². The van der Waals surface area contributed by atoms with Crippen LogP contribution < -0.4 is 0 Å². The monoisotopic (exact) mass is 420 g/mol. The normalized spacial score (nSPS) is 28.6. The fraction of sp³-hybridized carbons (Fsp3) is 0.375. The van der Waals surface area contributed by atoms with Gasteiger partial charge in [-0.05, 0) is 49.8 Å². The summed E-state index contributed by atoms with van der Waals surface area (Å²) in [4.78, 5) is 13.3. The number of benzene rings is 2. The molecular formula is C24H22F2N4O. The Morgan fingerprint density at radius 1 is 1.19 bits per heavy atom. The first-order valence-corrected chi connectivity index (χ1v) is 10.6. The molecule has 3 fully saturated rings. The topological polar surface area (TPSA) is 50.5 Å². The van der Waals surface area contributed by atoms with Gasteiger partial charge in [-0.3, -0.25) is 9.48 Å². The van der Waals surface area contributed by atoms with Crippen molar-refractivity contribution in [2.45, 2.75) is 45.2 Å². The van der Waals surface area contributed by atoms with Gasteiger partial charge >= 0.3 is 0 Å². The number of rotatable bonds is 4. The van der Waals surface area contributed by atoms with Gasteiger partial charge in [0.1, 0.15) is 0 Å². The molecule has 0 saturated heterocycles. The van der Waals surface area contributed by atoms with Crippen LogP contribution >= 0.6 is 0 Å². The molecule has 3 saturated carbocycles. The highest BCUT2D eigenvalue weighted by atomic mass is 19.2. The zero-order valence-electron chi connectivity index (χ0n) is 17.2. The van der Waals surface area contributed by atoms with Gasteiger partial charge in [0.25, 0.3) is 0 Å². The van der Waals surface area contributed by atoms with Gasteiger partial charge in [-0.2, -0.15) is 10.2 Å². The number of carbonyl (C=O) groups is 1. The molecule has 4 aliphatic rings. The van der Waals surface area contributed by atoms with Gasteiger partial charge in [-0.15, -0.1) is 0 Å². The van der Waals surface area contributed by atoms with E-state index >= 15 is 0 Å². The van der Waals surface area contributed by atoms with E-state index in [0.717, 1.165) is 42.8 Å². The molecule has 158 valence electrons. The molecule has 2 bridgehead atoms. The fourth-order valence-electron chi connectivity index (χ4n) is 5.93. The number of hydrogen-bond donors (Lipinski definition) is 0. The fourth-order valence-corrected chi connectivity index (χ4v) is 5.93. The van der Waals surface area contributed by atoms with Crippen LogP contribution in [0.4, 0.5) is 8.78 Å². The molecule has 1 aromatic heterocycles. The number of aromatic nitrogens is 2. The maximum absolute atomic E-state index is 14.3. The van der Waals surface area contributed by atoms with Crippen molar-refractivity contribution in [3.05, 3.63) is 65.4 Å². The summed E-state index contributed by atoms with van der Waals surface area (Å²) in [5.41, 5.74) is 2.16. The van der Waals surface area contributed by atoms with Gasteiger partial charge in [0.2, 0.25) is 5.91 Å². The lowest BCUT2D eigenvalue weighted by Crippen LogP contribution is -2.68. The van der Waals surface area contributed by atoms with Crippen molar-refractivity contribution in [3.8, 4) is 0 Å². The van der Waals surface area contributed by atoms with E-state index in [0.29, 0.717) is 6.42 Å². The Bertz CT molecular complexity index is 1240. The molecule has 1 atom stereocenters. The number of halogens is 2. The molecule has 0 spiro atoms. The number of fused-ring (bicyclic) bond motifs is 1. The summed E-state index contributed by atoms with van der Waals surface area (Å²) < 4.78 is 30.1. The van der Waals surface area contributed by atoms with Crippen molar-refractivity contribution in [1.82, 2.24) is 14.8 Å². The highest BCUT2D eigenvalue weighted by molar-refractivity contribution is 5.88. The second-order valence-corrected chi connectivity index (χ2v) is 9.52. The SMILES string of the molecule is Cc1ccc2c(cnn2CC23CC(C(=O)N4N=CCC4c4cccc(F)c4F)(C2)C3)c1. The first-order valence-electron chi connectivity index (χ1n) is 10.6. The lowest BCUT2D eigenvalue weighted by Gasteiger charge is -2.69. The van der Waals surface area contributed by atoms with Crippen molar-refractivity contribution in [1.29, 1.82) is 0 Å². The van der Waals surface area contributed by atoms with E-state index in [1.54, 1.807) is 6.21 Å². The molecule has 2 heterocycles. The first-order chi connectivity index (χ1) is 14.9. The standard InChI is InChI=1S/C24H22F2N4O/c1-15-5-6-19-16(9-15)10-28-29(19)14-23-11-24(12-23,13-23)22(31)30-20(7-8-27-30)17-3-2-4-18(25)21(17)26/h2-6,8-10,20H,7,11-14H2,1H3. The van der Waals surface area contributed by atoms with Crippen LogP contribution in [0.1, 0.15) is 42.9 Å². The van der Waals surface area contributed by atoms with Gasteiger partial charge in [0, 0.05) is 30.1 Å². The van der Waals surface area contributed by atoms with E-state index in [4.69, 9.17) is 0 Å². The highest BCUT2D eigenvalue weighted by Gasteiger charge is 2.72. The average Bonchev–Trinajstić information content (AvgIpc) is 3.32. The largest absolute Gasteiger partial charge is 0.272 e. The summed E-state index contributed by atoms with van der Waals surface area (Å²) in [6.07, 6.45) is 6.27. The molecule has 0 N–H and O–H groups in total. The average molecular weight is 420 g/mol. The minimum atomic E-state index is -0.900. The summed E-state index contributed by atoms with van der Waals surface area (Å²) in [6.45, 7) is 2.86. The Kier molecular flexibility index (Phi) is 3.74. The van der Waals surface area contributed by atoms with Crippen molar-refractivity contribution < 1.29 is 13.6 Å². The lowest BCUT2D eigenvalue weighted by atomic mass is 9.34. The van der Waals surface area contributed by atoms with Crippen molar-refractivity contribution in [2.24, 2.45) is 15.9 Å². The minimum absolute atomic E-state index is 0.0715. The summed E-state index contributed by atoms with van der Waals surface area (Å²) >= 11 is 0. The lowest BCUT2D eigenvalue weighted by molar-refractivity contribution is -0.223. The molecule has 1 amide bonds. The van der Waals surface area contributed by atoms with E-state index in [9.17, 15) is 13.6 Å². The molecule has 0 radical (unpaired) electrons. The van der Waals surface area contributed by atoms with Crippen LogP contribution in [0.2, 0.25) is 0 Å². The summed E-state index contributed by atoms with van der Waals surface area (Å²) in [6, 6.07) is 9.83. The molecule has 7 heteroatoms. The quantitative estimate of drug-likeness (QED) is 0.612. The molecule has 1 aliphatic heterocycles. The van der Waals surface area contributed by atoms with Gasteiger partial charge in [0.15, 0.2) is 11.6 Å². The number of aryl methyl sites for hydroxylation is 1. The molecule has 3 aliphatic carbocycles. The Morgan fingerprint density at radius 2 is 2.00 bits per heavy atom. The predicted octanol–water partition coefficient (Wildman–Crippen LogP) is 4.75. The Morgan fingerprint density at radius 3 is 2.81 bits per heavy atom. The third kappa shape index (κ3) is 2.61. The van der Waals surface area contributed by atoms with Crippen LogP contribution in [-0.4, -0.2) is 26.9 Å². The maximum atomic E-state index is 14.3. The van der Waals surface area contributed by atoms with Gasteiger partial charge in [-0.1, -0.05) is 23.8 Å². The van der Waals surface area contributed by atoms with Crippen LogP contribution in [0.3, 0.4) is 0 Å². The summed E-state index contributed by atoms with van der Waals surface area (Å²) in [5.74, 6) is -1.87. The van der Waals surface area contributed by atoms with E-state index in [1.807, 2.05) is 10.9 Å². The number of nitrogens with zero attached hydrogens (tertiary/aromatic N) is 4. The first kappa shape index (κ1) is 18.7. The maximum Gasteiger partial charge on any atom is 0.249 e. The summed E-state index contributed by atoms with van der Waals surface area (Å²) in [7, 11) is 0. The molecule has 31 heavy (non-hydrogen) atoms. The number of amides is 1. The predicted molar refractivity (Wildman–Crippen MR) is 112 cm³/mol. The zero-order valence-corrected chi connectivity index (χ0v) is 17.2. The van der Waals surface area contributed by atoms with E-state index < -0.39 is 23.1 Å². The molecule has 5 nitrogen and oxygen atoms in total. The van der Waals surface area contributed by atoms with Gasteiger partial charge < -0.3 is 0 Å². The van der Waals surface area contributed by atoms with Crippen molar-refractivity contribution >= 4 is 23.0 Å². The molecule has 1 unspecified atom stereocenters. The second-order valence-electron chi connectivity index (χ2n) is 9.52. The smallest absolute Gasteiger partial charge is 0.249 e. The van der Waals surface area contributed by atoms with E-state index in [2.05, 4.69) is 35.3 Å². The van der Waals surface area contributed by atoms with E-state index in [-0.39, 0.29) is 16.9 Å². The molecule has 7 rings (SSSR count). The van der Waals surface area contributed by atoms with Crippen LogP contribution in [-0.2, 0) is 11.3 Å². The van der Waals surface area contributed by atoms with Crippen LogP contribution in [0.25, 0.3) is 10.9 Å². The number of hydrazone groups is 1. The van der Waals surface area contributed by atoms with Crippen LogP contribution in [0.15, 0.2) is 47.7 Å². The van der Waals surface area contributed by atoms with Crippen LogP contribution in [0.5, 0.6) is 0 Å². The van der Waals surface area contributed by atoms with Crippen molar-refractivity contribution in [2.75, 3.05) is 0 Å². The highest BCUT2D eigenvalue weighted by Crippen LogP contribution is 2.74. The van der Waals surface area contributed by atoms with Crippen LogP contribution in [0, 0.1) is 29.4 Å². The Hall–Kier alpha value is -3.09. The number of hydrogen-bond acceptors (Lipinski definition) is 3. The van der Waals surface area contributed by atoms with Gasteiger partial charge in [0.05, 0.1) is 23.2 Å². The Balaban J connectivity index is 1.18. The second kappa shape index (κ2) is 6.22.